The van der Waals surface area contributed by atoms with Gasteiger partial charge < -0.3 is 19.9 Å². The number of imidazole rings is 1. The van der Waals surface area contributed by atoms with Crippen LogP contribution in [-0.2, 0) is 7.05 Å². The fourth-order valence-electron chi connectivity index (χ4n) is 5.18. The second-order valence-corrected chi connectivity index (χ2v) is 10.3. The SMILES string of the molecule is Cc1cc(-c2cc(-c3cn[nH]c3)cc(N3CCNCC3)c2)c(O)c(-c2ccc(-n3ccn(C)c3=O)c(Cl)c2)c1. The third-order valence-corrected chi connectivity index (χ3v) is 7.56. The van der Waals surface area contributed by atoms with E-state index in [9.17, 15) is 9.90 Å². The maximum absolute atomic E-state index is 12.4. The molecule has 2 aromatic heterocycles. The number of halogens is 1. The first-order chi connectivity index (χ1) is 18.9. The molecular weight excluding hydrogens is 512 g/mol. The molecule has 3 aromatic carbocycles. The summed E-state index contributed by atoms with van der Waals surface area (Å²) >= 11 is 6.66. The number of nitrogens with zero attached hydrogens (tertiary/aromatic N) is 4. The van der Waals surface area contributed by atoms with E-state index in [1.165, 1.54) is 9.13 Å². The number of hydrogen-bond acceptors (Lipinski definition) is 5. The Balaban J connectivity index is 1.46. The lowest BCUT2D eigenvalue weighted by molar-refractivity contribution is 0.479. The highest BCUT2D eigenvalue weighted by atomic mass is 35.5. The van der Waals surface area contributed by atoms with Crippen LogP contribution in [-0.4, -0.2) is 50.6 Å². The predicted octanol–water partition coefficient (Wildman–Crippen LogP) is 4.98. The molecule has 9 heteroatoms. The van der Waals surface area contributed by atoms with Crippen molar-refractivity contribution in [3.63, 3.8) is 0 Å². The van der Waals surface area contributed by atoms with Gasteiger partial charge in [0.25, 0.3) is 0 Å². The largest absolute Gasteiger partial charge is 0.507 e. The van der Waals surface area contributed by atoms with Gasteiger partial charge in [0.15, 0.2) is 0 Å². The van der Waals surface area contributed by atoms with Crippen molar-refractivity contribution in [2.45, 2.75) is 6.92 Å². The molecule has 1 fully saturated rings. The first kappa shape index (κ1) is 25.0. The normalized spacial score (nSPS) is 13.7. The van der Waals surface area contributed by atoms with E-state index in [0.29, 0.717) is 16.3 Å². The number of anilines is 1. The summed E-state index contributed by atoms with van der Waals surface area (Å²) in [4.78, 5) is 14.8. The summed E-state index contributed by atoms with van der Waals surface area (Å²) in [6.45, 7) is 5.69. The summed E-state index contributed by atoms with van der Waals surface area (Å²) in [5, 5.41) is 22.5. The van der Waals surface area contributed by atoms with Crippen molar-refractivity contribution < 1.29 is 5.11 Å². The fourth-order valence-corrected chi connectivity index (χ4v) is 5.46. The summed E-state index contributed by atoms with van der Waals surface area (Å²) in [5.74, 6) is 0.178. The maximum Gasteiger partial charge on any atom is 0.332 e. The summed E-state index contributed by atoms with van der Waals surface area (Å²) < 4.78 is 3.00. The lowest BCUT2D eigenvalue weighted by Gasteiger charge is -2.30. The molecule has 0 spiro atoms. The van der Waals surface area contributed by atoms with Gasteiger partial charge in [0.2, 0.25) is 0 Å². The van der Waals surface area contributed by atoms with E-state index in [1.807, 2.05) is 43.6 Å². The molecule has 3 heterocycles. The number of aryl methyl sites for hydroxylation is 2. The van der Waals surface area contributed by atoms with Crippen molar-refractivity contribution in [1.29, 1.82) is 0 Å². The Hall–Kier alpha value is -4.27. The molecule has 0 radical (unpaired) electrons. The van der Waals surface area contributed by atoms with Crippen LogP contribution in [0.4, 0.5) is 5.69 Å². The molecule has 39 heavy (non-hydrogen) atoms. The molecule has 1 saturated heterocycles. The summed E-state index contributed by atoms with van der Waals surface area (Å²) in [6.07, 6.45) is 7.07. The number of nitrogens with one attached hydrogen (secondary N) is 2. The van der Waals surface area contributed by atoms with E-state index in [1.54, 1.807) is 25.5 Å². The lowest BCUT2D eigenvalue weighted by Crippen LogP contribution is -2.43. The molecule has 0 atom stereocenters. The van der Waals surface area contributed by atoms with Gasteiger partial charge in [0.05, 0.1) is 16.9 Å². The van der Waals surface area contributed by atoms with Crippen molar-refractivity contribution in [1.82, 2.24) is 24.6 Å². The van der Waals surface area contributed by atoms with Gasteiger partial charge in [-0.1, -0.05) is 17.7 Å². The molecule has 6 rings (SSSR count). The number of phenols is 1. The second kappa shape index (κ2) is 10.1. The van der Waals surface area contributed by atoms with Crippen LogP contribution in [0.25, 0.3) is 39.1 Å². The summed E-state index contributed by atoms with van der Waals surface area (Å²) in [6, 6.07) is 15.9. The Kier molecular flexibility index (Phi) is 6.50. The van der Waals surface area contributed by atoms with Crippen LogP contribution in [0.3, 0.4) is 0 Å². The van der Waals surface area contributed by atoms with Crippen LogP contribution < -0.4 is 15.9 Å². The zero-order valence-electron chi connectivity index (χ0n) is 21.8. The predicted molar refractivity (Wildman–Crippen MR) is 156 cm³/mol. The van der Waals surface area contributed by atoms with Gasteiger partial charge in [-0.05, 0) is 71.6 Å². The molecule has 1 aliphatic rings. The number of hydrogen-bond donors (Lipinski definition) is 3. The molecule has 0 unspecified atom stereocenters. The third kappa shape index (κ3) is 4.73. The number of phenolic OH excluding ortho intramolecular Hbond substituents is 1. The van der Waals surface area contributed by atoms with Crippen molar-refractivity contribution in [3.05, 3.63) is 94.4 Å². The third-order valence-electron chi connectivity index (χ3n) is 7.26. The van der Waals surface area contributed by atoms with Crippen LogP contribution in [0.1, 0.15) is 5.56 Å². The van der Waals surface area contributed by atoms with Crippen molar-refractivity contribution >= 4 is 17.3 Å². The van der Waals surface area contributed by atoms with E-state index >= 15 is 0 Å². The zero-order chi connectivity index (χ0) is 27.1. The van der Waals surface area contributed by atoms with Crippen molar-refractivity contribution in [3.8, 4) is 44.8 Å². The molecular formula is C30H29ClN6O2. The molecule has 1 aliphatic heterocycles. The smallest absolute Gasteiger partial charge is 0.332 e. The minimum atomic E-state index is -0.178. The van der Waals surface area contributed by atoms with Crippen LogP contribution >= 0.6 is 11.6 Å². The van der Waals surface area contributed by atoms with Crippen molar-refractivity contribution in [2.24, 2.45) is 7.05 Å². The fraction of sp³-hybridized carbons (Fsp3) is 0.200. The average Bonchev–Trinajstić information content (AvgIpc) is 3.61. The molecule has 8 nitrogen and oxygen atoms in total. The monoisotopic (exact) mass is 540 g/mol. The van der Waals surface area contributed by atoms with E-state index in [4.69, 9.17) is 11.6 Å². The molecule has 0 amide bonds. The zero-order valence-corrected chi connectivity index (χ0v) is 22.5. The molecule has 0 saturated carbocycles. The highest BCUT2D eigenvalue weighted by molar-refractivity contribution is 6.32. The highest BCUT2D eigenvalue weighted by Crippen LogP contribution is 2.42. The van der Waals surface area contributed by atoms with Crippen molar-refractivity contribution in [2.75, 3.05) is 31.1 Å². The molecule has 0 bridgehead atoms. The van der Waals surface area contributed by atoms with Crippen LogP contribution in [0, 0.1) is 6.92 Å². The Morgan fingerprint density at radius 3 is 2.33 bits per heavy atom. The molecule has 5 aromatic rings. The molecule has 0 aliphatic carbocycles. The van der Waals surface area contributed by atoms with Gasteiger partial charge in [-0.25, -0.2) is 4.79 Å². The van der Waals surface area contributed by atoms with Gasteiger partial charge in [-0.3, -0.25) is 9.67 Å². The van der Waals surface area contributed by atoms with E-state index in [2.05, 4.69) is 38.6 Å². The number of piperazine rings is 1. The Labute approximate surface area is 231 Å². The number of aromatic amines is 1. The first-order valence-corrected chi connectivity index (χ1v) is 13.2. The van der Waals surface area contributed by atoms with Gasteiger partial charge in [-0.2, -0.15) is 5.10 Å². The quantitative estimate of drug-likeness (QED) is 0.292. The van der Waals surface area contributed by atoms with E-state index in [0.717, 1.165) is 65.2 Å². The van der Waals surface area contributed by atoms with Gasteiger partial charge >= 0.3 is 5.69 Å². The highest BCUT2D eigenvalue weighted by Gasteiger charge is 2.18. The second-order valence-electron chi connectivity index (χ2n) is 9.93. The number of benzene rings is 3. The Morgan fingerprint density at radius 1 is 0.923 bits per heavy atom. The number of aromatic nitrogens is 4. The number of H-pyrrole nitrogens is 1. The van der Waals surface area contributed by atoms with Crippen LogP contribution in [0.15, 0.2) is 78.1 Å². The minimum absolute atomic E-state index is 0.178. The maximum atomic E-state index is 12.4. The summed E-state index contributed by atoms with van der Waals surface area (Å²) in [5.41, 5.74) is 7.64. The standard InChI is InChI=1S/C30H29ClN6O2/c1-19-11-25(20-3-4-28(27(31)16-20)37-10-9-35(2)30(37)39)29(38)26(12-19)22-13-21(23-17-33-34-18-23)14-24(15-22)36-7-5-32-6-8-36/h3-4,9-18,32,38H,5-8H2,1-2H3,(H,33,34). The topological polar surface area (TPSA) is 91.1 Å². The van der Waals surface area contributed by atoms with Crippen LogP contribution in [0.2, 0.25) is 5.02 Å². The minimum Gasteiger partial charge on any atom is -0.507 e. The number of aromatic hydroxyl groups is 1. The summed E-state index contributed by atoms with van der Waals surface area (Å²) in [7, 11) is 1.70. The Bertz CT molecular complexity index is 1710. The van der Waals surface area contributed by atoms with Gasteiger partial charge in [-0.15, -0.1) is 0 Å². The van der Waals surface area contributed by atoms with Gasteiger partial charge in [0, 0.05) is 74.2 Å². The van der Waals surface area contributed by atoms with Gasteiger partial charge in [0.1, 0.15) is 5.75 Å². The molecule has 3 N–H and O–H groups in total. The number of rotatable bonds is 5. The lowest BCUT2D eigenvalue weighted by atomic mass is 9.92. The average molecular weight is 541 g/mol. The first-order valence-electron chi connectivity index (χ1n) is 12.9. The Morgan fingerprint density at radius 2 is 1.67 bits per heavy atom. The van der Waals surface area contributed by atoms with Crippen LogP contribution in [0.5, 0.6) is 5.75 Å². The molecule has 198 valence electrons. The van der Waals surface area contributed by atoms with E-state index < -0.39 is 0 Å². The van der Waals surface area contributed by atoms with E-state index in [-0.39, 0.29) is 11.4 Å².